The first-order valence-electron chi connectivity index (χ1n) is 11.0. The lowest BCUT2D eigenvalue weighted by Gasteiger charge is -2.35. The van der Waals surface area contributed by atoms with Crippen molar-refractivity contribution in [3.8, 4) is 17.2 Å². The summed E-state index contributed by atoms with van der Waals surface area (Å²) < 4.78 is 16.4. The molecule has 1 N–H and O–H groups in total. The van der Waals surface area contributed by atoms with Gasteiger partial charge in [0, 0.05) is 43.9 Å². The molecule has 8 heteroatoms. The molecule has 0 saturated carbocycles. The van der Waals surface area contributed by atoms with Crippen LogP contribution in [0.3, 0.4) is 0 Å². The number of ether oxygens (including phenoxy) is 3. The van der Waals surface area contributed by atoms with E-state index >= 15 is 0 Å². The molecule has 1 aliphatic heterocycles. The van der Waals surface area contributed by atoms with Gasteiger partial charge in [0.15, 0.2) is 11.5 Å². The largest absolute Gasteiger partial charge is 0.493 e. The van der Waals surface area contributed by atoms with Gasteiger partial charge in [0.05, 0.1) is 27.9 Å². The van der Waals surface area contributed by atoms with Crippen LogP contribution in [0.5, 0.6) is 17.2 Å². The van der Waals surface area contributed by atoms with Gasteiger partial charge in [-0.1, -0.05) is 12.1 Å². The first kappa shape index (κ1) is 24.4. The Morgan fingerprint density at radius 3 is 2.18 bits per heavy atom. The number of hydrogen-bond donors (Lipinski definition) is 1. The summed E-state index contributed by atoms with van der Waals surface area (Å²) in [6, 6.07) is 9.38. The maximum Gasteiger partial charge on any atom is 0.251 e. The van der Waals surface area contributed by atoms with Crippen molar-refractivity contribution in [3.05, 3.63) is 52.6 Å². The van der Waals surface area contributed by atoms with E-state index in [2.05, 4.69) is 10.2 Å². The number of carbonyl (C=O) groups is 2. The van der Waals surface area contributed by atoms with E-state index in [9.17, 15) is 9.59 Å². The molecule has 1 aliphatic rings. The number of methoxy groups -OCH3 is 3. The molecule has 0 atom stereocenters. The van der Waals surface area contributed by atoms with Crippen molar-refractivity contribution in [2.75, 3.05) is 54.1 Å². The monoisotopic (exact) mass is 455 g/mol. The van der Waals surface area contributed by atoms with Crippen LogP contribution in [-0.2, 0) is 11.3 Å². The van der Waals surface area contributed by atoms with Crippen molar-refractivity contribution in [1.82, 2.24) is 15.1 Å². The highest BCUT2D eigenvalue weighted by molar-refractivity contribution is 5.96. The molecule has 0 bridgehead atoms. The van der Waals surface area contributed by atoms with Crippen molar-refractivity contribution >= 4 is 11.8 Å². The predicted molar refractivity (Wildman–Crippen MR) is 126 cm³/mol. The van der Waals surface area contributed by atoms with Crippen molar-refractivity contribution in [1.29, 1.82) is 0 Å². The number of aryl methyl sites for hydroxylation is 2. The Morgan fingerprint density at radius 2 is 1.58 bits per heavy atom. The van der Waals surface area contributed by atoms with Crippen molar-refractivity contribution in [3.63, 3.8) is 0 Å². The number of piperazine rings is 1. The van der Waals surface area contributed by atoms with Crippen LogP contribution >= 0.6 is 0 Å². The fourth-order valence-corrected chi connectivity index (χ4v) is 3.94. The number of hydrogen-bond acceptors (Lipinski definition) is 6. The van der Waals surface area contributed by atoms with E-state index in [1.807, 2.05) is 38.1 Å². The SMILES string of the molecule is COc1ccc(CN2CCN(C(=O)CNC(=O)c3ccc(C)c(C)c3)CC2)c(OC)c1OC. The maximum atomic E-state index is 12.6. The Hall–Kier alpha value is -3.26. The van der Waals surface area contributed by atoms with Gasteiger partial charge in [0.2, 0.25) is 11.7 Å². The molecular formula is C25H33N3O5. The van der Waals surface area contributed by atoms with Crippen LogP contribution in [0.15, 0.2) is 30.3 Å². The molecule has 0 aromatic heterocycles. The third-order valence-electron chi connectivity index (χ3n) is 6.07. The summed E-state index contributed by atoms with van der Waals surface area (Å²) in [5, 5.41) is 2.75. The van der Waals surface area contributed by atoms with Crippen LogP contribution in [0, 0.1) is 13.8 Å². The fraction of sp³-hybridized carbons (Fsp3) is 0.440. The third-order valence-corrected chi connectivity index (χ3v) is 6.07. The number of benzene rings is 2. The second-order valence-corrected chi connectivity index (χ2v) is 8.13. The van der Waals surface area contributed by atoms with Gasteiger partial charge in [-0.25, -0.2) is 0 Å². The van der Waals surface area contributed by atoms with Gasteiger partial charge in [0.1, 0.15) is 0 Å². The van der Waals surface area contributed by atoms with Gasteiger partial charge in [-0.2, -0.15) is 0 Å². The second-order valence-electron chi connectivity index (χ2n) is 8.13. The molecule has 1 fully saturated rings. The van der Waals surface area contributed by atoms with Gasteiger partial charge in [-0.05, 0) is 43.2 Å². The molecule has 0 radical (unpaired) electrons. The van der Waals surface area contributed by atoms with E-state index in [0.717, 1.165) is 29.8 Å². The summed E-state index contributed by atoms with van der Waals surface area (Å²) in [6.07, 6.45) is 0. The molecule has 0 unspecified atom stereocenters. The highest BCUT2D eigenvalue weighted by Gasteiger charge is 2.24. The van der Waals surface area contributed by atoms with Crippen molar-refractivity contribution in [2.45, 2.75) is 20.4 Å². The minimum atomic E-state index is -0.231. The van der Waals surface area contributed by atoms with Gasteiger partial charge in [0.25, 0.3) is 5.91 Å². The average Bonchev–Trinajstić information content (AvgIpc) is 2.83. The molecule has 2 aromatic carbocycles. The van der Waals surface area contributed by atoms with E-state index < -0.39 is 0 Å². The normalized spacial score (nSPS) is 14.0. The van der Waals surface area contributed by atoms with Crippen LogP contribution in [0.25, 0.3) is 0 Å². The molecule has 8 nitrogen and oxygen atoms in total. The highest BCUT2D eigenvalue weighted by Crippen LogP contribution is 2.40. The van der Waals surface area contributed by atoms with E-state index in [4.69, 9.17) is 14.2 Å². The first-order valence-corrected chi connectivity index (χ1v) is 11.0. The zero-order valence-corrected chi connectivity index (χ0v) is 20.1. The molecule has 2 amide bonds. The number of nitrogens with one attached hydrogen (secondary N) is 1. The van der Waals surface area contributed by atoms with Crippen LogP contribution < -0.4 is 19.5 Å². The maximum absolute atomic E-state index is 12.6. The molecule has 3 rings (SSSR count). The summed E-state index contributed by atoms with van der Waals surface area (Å²) in [5.74, 6) is 1.55. The lowest BCUT2D eigenvalue weighted by Crippen LogP contribution is -2.50. The van der Waals surface area contributed by atoms with E-state index in [0.29, 0.717) is 42.4 Å². The highest BCUT2D eigenvalue weighted by atomic mass is 16.5. The molecule has 1 heterocycles. The number of rotatable bonds is 8. The van der Waals surface area contributed by atoms with Crippen molar-refractivity contribution < 1.29 is 23.8 Å². The third kappa shape index (κ3) is 5.76. The lowest BCUT2D eigenvalue weighted by atomic mass is 10.1. The lowest BCUT2D eigenvalue weighted by molar-refractivity contribution is -0.131. The zero-order chi connectivity index (χ0) is 24.0. The molecule has 33 heavy (non-hydrogen) atoms. The standard InChI is InChI=1S/C25H33N3O5/c1-17-6-7-19(14-18(17)2)25(30)26-15-22(29)28-12-10-27(11-13-28)16-20-8-9-21(31-3)24(33-5)23(20)32-4/h6-9,14H,10-13,15-16H2,1-5H3,(H,26,30). The van der Waals surface area contributed by atoms with E-state index in [1.165, 1.54) is 0 Å². The van der Waals surface area contributed by atoms with Gasteiger partial charge in [-0.3, -0.25) is 14.5 Å². The number of nitrogens with zero attached hydrogens (tertiary/aromatic N) is 2. The Morgan fingerprint density at radius 1 is 0.879 bits per heavy atom. The Balaban J connectivity index is 1.52. The number of amides is 2. The predicted octanol–water partition coefficient (Wildman–Crippen LogP) is 2.40. The summed E-state index contributed by atoms with van der Waals surface area (Å²) in [7, 11) is 4.80. The van der Waals surface area contributed by atoms with Crippen LogP contribution in [0.1, 0.15) is 27.0 Å². The number of carbonyl (C=O) groups excluding carboxylic acids is 2. The van der Waals surface area contributed by atoms with Gasteiger partial charge >= 0.3 is 0 Å². The van der Waals surface area contributed by atoms with E-state index in [-0.39, 0.29) is 18.4 Å². The zero-order valence-electron chi connectivity index (χ0n) is 20.1. The smallest absolute Gasteiger partial charge is 0.251 e. The second kappa shape index (κ2) is 11.0. The molecule has 178 valence electrons. The van der Waals surface area contributed by atoms with E-state index in [1.54, 1.807) is 32.3 Å². The summed E-state index contributed by atoms with van der Waals surface area (Å²) >= 11 is 0. The Kier molecular flexibility index (Phi) is 8.16. The minimum Gasteiger partial charge on any atom is -0.493 e. The van der Waals surface area contributed by atoms with Crippen LogP contribution in [-0.4, -0.2) is 75.7 Å². The molecule has 2 aromatic rings. The van der Waals surface area contributed by atoms with Crippen LogP contribution in [0.2, 0.25) is 0 Å². The molecular weight excluding hydrogens is 422 g/mol. The summed E-state index contributed by atoms with van der Waals surface area (Å²) in [4.78, 5) is 29.1. The van der Waals surface area contributed by atoms with Gasteiger partial charge in [-0.15, -0.1) is 0 Å². The first-order chi connectivity index (χ1) is 15.9. The topological polar surface area (TPSA) is 80.3 Å². The van der Waals surface area contributed by atoms with Crippen molar-refractivity contribution in [2.24, 2.45) is 0 Å². The fourth-order valence-electron chi connectivity index (χ4n) is 3.94. The van der Waals surface area contributed by atoms with Crippen LogP contribution in [0.4, 0.5) is 0 Å². The molecule has 0 aliphatic carbocycles. The van der Waals surface area contributed by atoms with Gasteiger partial charge < -0.3 is 24.4 Å². The Bertz CT molecular complexity index is 1000. The molecule has 0 spiro atoms. The average molecular weight is 456 g/mol. The molecule has 1 saturated heterocycles. The summed E-state index contributed by atoms with van der Waals surface area (Å²) in [5.41, 5.74) is 3.75. The summed E-state index contributed by atoms with van der Waals surface area (Å²) in [6.45, 7) is 7.31. The quantitative estimate of drug-likeness (QED) is 0.659. The Labute approximate surface area is 195 Å². The minimum absolute atomic E-state index is 0.00470.